The molecule has 110 valence electrons. The number of aryl methyl sites for hydroxylation is 2. The van der Waals surface area contributed by atoms with Crippen molar-refractivity contribution in [1.82, 2.24) is 10.3 Å². The minimum absolute atomic E-state index is 0.498. The lowest BCUT2D eigenvalue weighted by atomic mass is 10.0. The van der Waals surface area contributed by atoms with Gasteiger partial charge >= 0.3 is 12.1 Å². The molecule has 0 saturated heterocycles. The molecule has 6 heteroatoms. The highest BCUT2D eigenvalue weighted by Gasteiger charge is 2.37. The number of amides is 1. The molecule has 1 aromatic carbocycles. The summed E-state index contributed by atoms with van der Waals surface area (Å²) in [5.41, 5.74) is 2.68. The van der Waals surface area contributed by atoms with Gasteiger partial charge in [0.05, 0.1) is 5.69 Å². The van der Waals surface area contributed by atoms with E-state index in [9.17, 15) is 18.0 Å². The third kappa shape index (κ3) is 3.39. The molecule has 1 heterocycles. The number of nitrogens with one attached hydrogen (secondary N) is 1. The van der Waals surface area contributed by atoms with E-state index < -0.39 is 12.1 Å². The van der Waals surface area contributed by atoms with Crippen LogP contribution in [0.15, 0.2) is 30.6 Å². The Balaban J connectivity index is 2.31. The van der Waals surface area contributed by atoms with Crippen molar-refractivity contribution in [3.05, 3.63) is 47.4 Å². The summed E-state index contributed by atoms with van der Waals surface area (Å²) in [6, 6.07) is 5.73. The van der Waals surface area contributed by atoms with Gasteiger partial charge in [0.25, 0.3) is 0 Å². The van der Waals surface area contributed by atoms with Gasteiger partial charge in [-0.05, 0) is 48.6 Å². The van der Waals surface area contributed by atoms with Crippen LogP contribution in [-0.2, 0) is 4.79 Å². The molecule has 2 aromatic rings. The first-order valence-corrected chi connectivity index (χ1v) is 6.19. The SMILES string of the molecule is Cc1cc2ccnc(/C=C\NC(=O)C(F)(F)F)c2cc1C. The zero-order chi connectivity index (χ0) is 15.6. The van der Waals surface area contributed by atoms with Crippen LogP contribution in [0.5, 0.6) is 0 Å². The number of carbonyl (C=O) groups excluding carboxylic acids is 1. The molecule has 0 aliphatic carbocycles. The molecule has 21 heavy (non-hydrogen) atoms. The number of aromatic nitrogens is 1. The second-order valence-corrected chi connectivity index (χ2v) is 4.66. The van der Waals surface area contributed by atoms with Gasteiger partial charge in [0.2, 0.25) is 0 Å². The summed E-state index contributed by atoms with van der Waals surface area (Å²) in [6.07, 6.45) is -1.03. The molecule has 2 rings (SSSR count). The van der Waals surface area contributed by atoms with Crippen LogP contribution in [-0.4, -0.2) is 17.1 Å². The van der Waals surface area contributed by atoms with E-state index in [1.54, 1.807) is 11.5 Å². The third-order valence-electron chi connectivity index (χ3n) is 3.12. The minimum Gasteiger partial charge on any atom is -0.325 e. The first-order chi connectivity index (χ1) is 9.79. The smallest absolute Gasteiger partial charge is 0.325 e. The fourth-order valence-electron chi connectivity index (χ4n) is 1.88. The van der Waals surface area contributed by atoms with Gasteiger partial charge in [-0.2, -0.15) is 13.2 Å². The molecule has 1 amide bonds. The highest BCUT2D eigenvalue weighted by Crippen LogP contribution is 2.22. The van der Waals surface area contributed by atoms with Gasteiger partial charge in [-0.25, -0.2) is 0 Å². The van der Waals surface area contributed by atoms with Crippen molar-refractivity contribution >= 4 is 22.8 Å². The van der Waals surface area contributed by atoms with E-state index in [-0.39, 0.29) is 0 Å². The van der Waals surface area contributed by atoms with Gasteiger partial charge < -0.3 is 5.32 Å². The molecule has 0 saturated carbocycles. The highest BCUT2D eigenvalue weighted by atomic mass is 19.4. The Bertz CT molecular complexity index is 721. The number of fused-ring (bicyclic) bond motifs is 1. The van der Waals surface area contributed by atoms with E-state index in [1.165, 1.54) is 6.08 Å². The van der Waals surface area contributed by atoms with E-state index in [0.29, 0.717) is 5.69 Å². The molecule has 0 fully saturated rings. The van der Waals surface area contributed by atoms with E-state index in [1.807, 2.05) is 32.0 Å². The Morgan fingerprint density at radius 2 is 1.90 bits per heavy atom. The minimum atomic E-state index is -4.90. The van der Waals surface area contributed by atoms with Gasteiger partial charge in [0.1, 0.15) is 0 Å². The Hall–Kier alpha value is -2.37. The largest absolute Gasteiger partial charge is 0.471 e. The molecule has 0 radical (unpaired) electrons. The molecule has 0 atom stereocenters. The second kappa shape index (κ2) is 5.55. The highest BCUT2D eigenvalue weighted by molar-refractivity contribution is 5.90. The topological polar surface area (TPSA) is 42.0 Å². The summed E-state index contributed by atoms with van der Waals surface area (Å²) in [7, 11) is 0. The van der Waals surface area contributed by atoms with Gasteiger partial charge in [0, 0.05) is 17.8 Å². The van der Waals surface area contributed by atoms with Crippen LogP contribution in [0.1, 0.15) is 16.8 Å². The van der Waals surface area contributed by atoms with Gasteiger partial charge in [-0.1, -0.05) is 6.07 Å². The number of nitrogens with zero attached hydrogens (tertiary/aromatic N) is 1. The summed E-state index contributed by atoms with van der Waals surface area (Å²) in [5.74, 6) is -2.01. The van der Waals surface area contributed by atoms with E-state index in [0.717, 1.165) is 28.1 Å². The molecular weight excluding hydrogens is 281 g/mol. The lowest BCUT2D eigenvalue weighted by Gasteiger charge is -2.06. The normalized spacial score (nSPS) is 12.0. The molecule has 0 unspecified atom stereocenters. The van der Waals surface area contributed by atoms with Crippen molar-refractivity contribution in [3.8, 4) is 0 Å². The third-order valence-corrected chi connectivity index (χ3v) is 3.12. The van der Waals surface area contributed by atoms with Crippen LogP contribution < -0.4 is 5.32 Å². The lowest BCUT2D eigenvalue weighted by molar-refractivity contribution is -0.172. The molecule has 0 aliphatic heterocycles. The fraction of sp³-hybridized carbons (Fsp3) is 0.200. The Labute approximate surface area is 119 Å². The standard InChI is InChI=1S/C15H13F3N2O/c1-9-7-11-3-5-19-13(12(11)8-10(9)2)4-6-20-14(21)15(16,17)18/h3-8H,1-2H3,(H,20,21)/b6-4-. The van der Waals surface area contributed by atoms with Crippen molar-refractivity contribution in [3.63, 3.8) is 0 Å². The van der Waals surface area contributed by atoms with Crippen LogP contribution in [0, 0.1) is 13.8 Å². The number of benzene rings is 1. The molecule has 0 aliphatic rings. The monoisotopic (exact) mass is 294 g/mol. The van der Waals surface area contributed by atoms with Gasteiger partial charge in [-0.3, -0.25) is 9.78 Å². The number of carbonyl (C=O) groups is 1. The molecule has 3 nitrogen and oxygen atoms in total. The molecular formula is C15H13F3N2O. The number of pyridine rings is 1. The number of halogens is 3. The number of hydrogen-bond acceptors (Lipinski definition) is 2. The molecule has 0 bridgehead atoms. The van der Waals surface area contributed by atoms with Crippen LogP contribution >= 0.6 is 0 Å². The quantitative estimate of drug-likeness (QED) is 0.921. The van der Waals surface area contributed by atoms with Crippen molar-refractivity contribution in [2.75, 3.05) is 0 Å². The first-order valence-electron chi connectivity index (χ1n) is 6.19. The summed E-state index contributed by atoms with van der Waals surface area (Å²) in [4.78, 5) is 14.8. The van der Waals surface area contributed by atoms with E-state index in [2.05, 4.69) is 4.98 Å². The maximum absolute atomic E-state index is 12.1. The van der Waals surface area contributed by atoms with Crippen LogP contribution in [0.4, 0.5) is 13.2 Å². The lowest BCUT2D eigenvalue weighted by Crippen LogP contribution is -2.33. The Morgan fingerprint density at radius 3 is 2.57 bits per heavy atom. The average molecular weight is 294 g/mol. The molecule has 0 spiro atoms. The maximum atomic E-state index is 12.1. The van der Waals surface area contributed by atoms with Crippen LogP contribution in [0.25, 0.3) is 16.8 Å². The number of rotatable bonds is 2. The zero-order valence-electron chi connectivity index (χ0n) is 11.5. The van der Waals surface area contributed by atoms with E-state index >= 15 is 0 Å². The predicted molar refractivity (Wildman–Crippen MR) is 74.4 cm³/mol. The number of alkyl halides is 3. The Kier molecular flexibility index (Phi) is 3.97. The molecule has 1 N–H and O–H groups in total. The molecule has 1 aromatic heterocycles. The zero-order valence-corrected chi connectivity index (χ0v) is 11.5. The van der Waals surface area contributed by atoms with Crippen LogP contribution in [0.3, 0.4) is 0 Å². The summed E-state index contributed by atoms with van der Waals surface area (Å²) < 4.78 is 36.2. The summed E-state index contributed by atoms with van der Waals surface area (Å²) in [6.45, 7) is 3.93. The van der Waals surface area contributed by atoms with Crippen molar-refractivity contribution in [2.45, 2.75) is 20.0 Å². The summed E-state index contributed by atoms with van der Waals surface area (Å²) in [5, 5.41) is 3.43. The number of hydrogen-bond donors (Lipinski definition) is 1. The average Bonchev–Trinajstić information content (AvgIpc) is 2.39. The maximum Gasteiger partial charge on any atom is 0.471 e. The van der Waals surface area contributed by atoms with E-state index in [4.69, 9.17) is 0 Å². The van der Waals surface area contributed by atoms with Crippen molar-refractivity contribution in [2.24, 2.45) is 0 Å². The first kappa shape index (κ1) is 15.0. The fourth-order valence-corrected chi connectivity index (χ4v) is 1.88. The Morgan fingerprint density at radius 1 is 1.24 bits per heavy atom. The summed E-state index contributed by atoms with van der Waals surface area (Å²) >= 11 is 0. The van der Waals surface area contributed by atoms with Crippen molar-refractivity contribution in [1.29, 1.82) is 0 Å². The second-order valence-electron chi connectivity index (χ2n) is 4.66. The predicted octanol–water partition coefficient (Wildman–Crippen LogP) is 3.50. The van der Waals surface area contributed by atoms with Gasteiger partial charge in [-0.15, -0.1) is 0 Å². The van der Waals surface area contributed by atoms with Gasteiger partial charge in [0.15, 0.2) is 0 Å². The van der Waals surface area contributed by atoms with Crippen LogP contribution in [0.2, 0.25) is 0 Å². The van der Waals surface area contributed by atoms with Crippen molar-refractivity contribution < 1.29 is 18.0 Å².